The van der Waals surface area contributed by atoms with Gasteiger partial charge in [0.25, 0.3) is 0 Å². The maximum atomic E-state index is 5.93. The van der Waals surface area contributed by atoms with Gasteiger partial charge in [-0.3, -0.25) is 0 Å². The highest BCUT2D eigenvalue weighted by molar-refractivity contribution is 9.10. The molecule has 0 heterocycles. The zero-order valence-electron chi connectivity index (χ0n) is 11.4. The van der Waals surface area contributed by atoms with E-state index in [-0.39, 0.29) is 0 Å². The van der Waals surface area contributed by atoms with Crippen LogP contribution in [-0.4, -0.2) is 6.61 Å². The van der Waals surface area contributed by atoms with Gasteiger partial charge in [0.2, 0.25) is 0 Å². The van der Waals surface area contributed by atoms with Gasteiger partial charge in [-0.2, -0.15) is 0 Å². The predicted octanol–water partition coefficient (Wildman–Crippen LogP) is 4.50. The van der Waals surface area contributed by atoms with Crippen LogP contribution in [0.25, 0.3) is 0 Å². The molecule has 0 aliphatic heterocycles. The van der Waals surface area contributed by atoms with E-state index in [2.05, 4.69) is 29.8 Å². The second-order valence-electron chi connectivity index (χ2n) is 4.68. The second-order valence-corrected chi connectivity index (χ2v) is 5.60. The van der Waals surface area contributed by atoms with Crippen molar-refractivity contribution < 1.29 is 4.74 Å². The minimum Gasteiger partial charge on any atom is -0.493 e. The van der Waals surface area contributed by atoms with Crippen molar-refractivity contribution in [3.8, 4) is 5.75 Å². The number of benzene rings is 1. The Hall–Kier alpha value is -0.540. The van der Waals surface area contributed by atoms with E-state index in [1.165, 1.54) is 25.7 Å². The van der Waals surface area contributed by atoms with Crippen molar-refractivity contribution in [3.05, 3.63) is 28.2 Å². The van der Waals surface area contributed by atoms with Crippen LogP contribution in [0.15, 0.2) is 22.7 Å². The molecule has 0 amide bonds. The van der Waals surface area contributed by atoms with Crippen LogP contribution in [0, 0.1) is 5.92 Å². The molecule has 1 aromatic carbocycles. The third-order valence-electron chi connectivity index (χ3n) is 3.26. The van der Waals surface area contributed by atoms with E-state index in [1.54, 1.807) is 0 Å². The highest BCUT2D eigenvalue weighted by Gasteiger charge is 2.09. The van der Waals surface area contributed by atoms with Gasteiger partial charge in [-0.25, -0.2) is 0 Å². The van der Waals surface area contributed by atoms with Gasteiger partial charge in [-0.05, 0) is 30.5 Å². The van der Waals surface area contributed by atoms with Gasteiger partial charge in [0, 0.05) is 16.6 Å². The molecule has 2 nitrogen and oxygen atoms in total. The Bertz CT molecular complexity index is 354. The summed E-state index contributed by atoms with van der Waals surface area (Å²) in [7, 11) is 0. The minimum absolute atomic E-state index is 0.514. The van der Waals surface area contributed by atoms with Gasteiger partial charge in [-0.15, -0.1) is 0 Å². The number of nitrogens with two attached hydrogens (primary N) is 1. The van der Waals surface area contributed by atoms with Gasteiger partial charge in [-0.1, -0.05) is 49.0 Å². The van der Waals surface area contributed by atoms with Crippen LogP contribution in [0.3, 0.4) is 0 Å². The Balaban J connectivity index is 2.56. The molecule has 1 aromatic rings. The van der Waals surface area contributed by atoms with E-state index in [4.69, 9.17) is 10.5 Å². The van der Waals surface area contributed by atoms with Gasteiger partial charge < -0.3 is 10.5 Å². The van der Waals surface area contributed by atoms with Gasteiger partial charge >= 0.3 is 0 Å². The number of hydrogen-bond donors (Lipinski definition) is 1. The Labute approximate surface area is 119 Å². The molecular weight excluding hydrogens is 290 g/mol. The Morgan fingerprint density at radius 1 is 1.33 bits per heavy atom. The van der Waals surface area contributed by atoms with E-state index in [0.717, 1.165) is 22.4 Å². The lowest BCUT2D eigenvalue weighted by Gasteiger charge is -2.17. The van der Waals surface area contributed by atoms with Crippen molar-refractivity contribution in [2.45, 2.75) is 46.1 Å². The fourth-order valence-electron chi connectivity index (χ4n) is 1.95. The van der Waals surface area contributed by atoms with Crippen LogP contribution in [-0.2, 0) is 6.54 Å². The van der Waals surface area contributed by atoms with Gasteiger partial charge in [0.15, 0.2) is 0 Å². The smallest absolute Gasteiger partial charge is 0.123 e. The molecule has 0 fully saturated rings. The zero-order valence-corrected chi connectivity index (χ0v) is 13.0. The zero-order chi connectivity index (χ0) is 13.4. The van der Waals surface area contributed by atoms with E-state index >= 15 is 0 Å². The molecule has 18 heavy (non-hydrogen) atoms. The number of ether oxygens (including phenoxy) is 1. The first-order chi connectivity index (χ1) is 8.71. The first-order valence-corrected chi connectivity index (χ1v) is 7.61. The van der Waals surface area contributed by atoms with Crippen LogP contribution in [0.1, 0.15) is 45.1 Å². The number of hydrogen-bond acceptors (Lipinski definition) is 2. The predicted molar refractivity (Wildman–Crippen MR) is 80.8 cm³/mol. The SMILES string of the molecule is CCCCC(CC)COc1ccc(Br)cc1CN. The summed E-state index contributed by atoms with van der Waals surface area (Å²) in [6, 6.07) is 6.03. The molecule has 3 heteroatoms. The maximum Gasteiger partial charge on any atom is 0.123 e. The summed E-state index contributed by atoms with van der Waals surface area (Å²) in [6.45, 7) is 5.77. The van der Waals surface area contributed by atoms with Crippen LogP contribution < -0.4 is 10.5 Å². The number of unbranched alkanes of at least 4 members (excludes halogenated alkanes) is 1. The molecule has 102 valence electrons. The molecule has 0 saturated heterocycles. The molecule has 0 aliphatic rings. The molecule has 0 radical (unpaired) electrons. The summed E-state index contributed by atoms with van der Waals surface area (Å²) in [5.41, 5.74) is 6.80. The number of halogens is 1. The third-order valence-corrected chi connectivity index (χ3v) is 3.75. The standard InChI is InChI=1S/C15H24BrNO/c1-3-5-6-12(4-2)11-18-15-8-7-14(16)9-13(15)10-17/h7-9,12H,3-6,10-11,17H2,1-2H3. The number of rotatable bonds is 8. The Kier molecular flexibility index (Phi) is 7.36. The summed E-state index contributed by atoms with van der Waals surface area (Å²) in [5, 5.41) is 0. The fourth-order valence-corrected chi connectivity index (χ4v) is 2.36. The van der Waals surface area contributed by atoms with E-state index in [0.29, 0.717) is 12.5 Å². The molecule has 0 aliphatic carbocycles. The summed E-state index contributed by atoms with van der Waals surface area (Å²) in [5.74, 6) is 1.58. The topological polar surface area (TPSA) is 35.2 Å². The lowest BCUT2D eigenvalue weighted by atomic mass is 10.0. The van der Waals surface area contributed by atoms with E-state index < -0.39 is 0 Å². The Morgan fingerprint density at radius 3 is 2.72 bits per heavy atom. The molecule has 1 atom stereocenters. The lowest BCUT2D eigenvalue weighted by Crippen LogP contribution is -2.12. The molecule has 0 aromatic heterocycles. The normalized spacial score (nSPS) is 12.4. The highest BCUT2D eigenvalue weighted by atomic mass is 79.9. The van der Waals surface area contributed by atoms with Crippen molar-refractivity contribution in [2.24, 2.45) is 11.7 Å². The van der Waals surface area contributed by atoms with Crippen LogP contribution >= 0.6 is 15.9 Å². The molecule has 1 rings (SSSR count). The maximum absolute atomic E-state index is 5.93. The molecule has 0 saturated carbocycles. The summed E-state index contributed by atoms with van der Waals surface area (Å²) < 4.78 is 6.98. The van der Waals surface area contributed by atoms with E-state index in [9.17, 15) is 0 Å². The minimum atomic E-state index is 0.514. The quantitative estimate of drug-likeness (QED) is 0.766. The molecular formula is C15H24BrNO. The van der Waals surface area contributed by atoms with Crippen molar-refractivity contribution in [2.75, 3.05) is 6.61 Å². The van der Waals surface area contributed by atoms with Crippen molar-refractivity contribution in [1.29, 1.82) is 0 Å². The first-order valence-electron chi connectivity index (χ1n) is 6.82. The summed E-state index contributed by atoms with van der Waals surface area (Å²) in [4.78, 5) is 0. The average Bonchev–Trinajstić information content (AvgIpc) is 2.40. The fraction of sp³-hybridized carbons (Fsp3) is 0.600. The summed E-state index contributed by atoms with van der Waals surface area (Å²) >= 11 is 3.45. The molecule has 0 bridgehead atoms. The van der Waals surface area contributed by atoms with Crippen molar-refractivity contribution >= 4 is 15.9 Å². The third kappa shape index (κ3) is 4.99. The van der Waals surface area contributed by atoms with Gasteiger partial charge in [0.05, 0.1) is 6.61 Å². The van der Waals surface area contributed by atoms with Crippen LogP contribution in [0.2, 0.25) is 0 Å². The Morgan fingerprint density at radius 2 is 2.11 bits per heavy atom. The second kappa shape index (κ2) is 8.54. The average molecular weight is 314 g/mol. The van der Waals surface area contributed by atoms with Gasteiger partial charge in [0.1, 0.15) is 5.75 Å². The molecule has 0 spiro atoms. The van der Waals surface area contributed by atoms with Crippen molar-refractivity contribution in [1.82, 2.24) is 0 Å². The summed E-state index contributed by atoms with van der Waals surface area (Å²) in [6.07, 6.45) is 4.96. The largest absolute Gasteiger partial charge is 0.493 e. The van der Waals surface area contributed by atoms with Crippen LogP contribution in [0.5, 0.6) is 5.75 Å². The highest BCUT2D eigenvalue weighted by Crippen LogP contribution is 2.24. The first kappa shape index (κ1) is 15.5. The van der Waals surface area contributed by atoms with Crippen LogP contribution in [0.4, 0.5) is 0 Å². The van der Waals surface area contributed by atoms with E-state index in [1.807, 2.05) is 18.2 Å². The molecule has 2 N–H and O–H groups in total. The lowest BCUT2D eigenvalue weighted by molar-refractivity contribution is 0.231. The van der Waals surface area contributed by atoms with Crippen molar-refractivity contribution in [3.63, 3.8) is 0 Å². The monoisotopic (exact) mass is 313 g/mol. The molecule has 1 unspecified atom stereocenters.